The summed E-state index contributed by atoms with van der Waals surface area (Å²) in [5.41, 5.74) is 2.96. The smallest absolute Gasteiger partial charge is 0.243 e. The third-order valence-corrected chi connectivity index (χ3v) is 6.48. The van der Waals surface area contributed by atoms with Crippen LogP contribution in [0, 0.1) is 0 Å². The van der Waals surface area contributed by atoms with Crippen molar-refractivity contribution < 1.29 is 19.1 Å². The van der Waals surface area contributed by atoms with Crippen molar-refractivity contribution in [1.82, 2.24) is 10.2 Å². The van der Waals surface area contributed by atoms with Gasteiger partial charge < -0.3 is 19.7 Å². The van der Waals surface area contributed by atoms with E-state index in [1.807, 2.05) is 79.7 Å². The molecular weight excluding hydrogens is 508 g/mol. The summed E-state index contributed by atoms with van der Waals surface area (Å²) in [7, 11) is 0. The summed E-state index contributed by atoms with van der Waals surface area (Å²) in [5, 5.41) is 2.93. The van der Waals surface area contributed by atoms with Crippen molar-refractivity contribution >= 4 is 27.7 Å². The number of fused-ring (bicyclic) bond motifs is 1. The molecule has 182 valence electrons. The Bertz CT molecular complexity index is 1150. The van der Waals surface area contributed by atoms with Crippen molar-refractivity contribution in [2.24, 2.45) is 0 Å². The van der Waals surface area contributed by atoms with Gasteiger partial charge in [0.1, 0.15) is 6.04 Å². The highest BCUT2D eigenvalue weighted by molar-refractivity contribution is 9.10. The van der Waals surface area contributed by atoms with Crippen LogP contribution >= 0.6 is 15.9 Å². The molecule has 0 aliphatic carbocycles. The summed E-state index contributed by atoms with van der Waals surface area (Å²) >= 11 is 3.47. The molecule has 7 heteroatoms. The number of amides is 2. The maximum Gasteiger partial charge on any atom is 0.243 e. The molecule has 0 radical (unpaired) electrons. The first-order chi connectivity index (χ1) is 17.0. The predicted octanol–water partition coefficient (Wildman–Crippen LogP) is 4.89. The van der Waals surface area contributed by atoms with Crippen molar-refractivity contribution in [3.8, 4) is 11.5 Å². The molecule has 2 amide bonds. The fourth-order valence-corrected chi connectivity index (χ4v) is 4.39. The van der Waals surface area contributed by atoms with Gasteiger partial charge in [0.05, 0.1) is 0 Å². The highest BCUT2D eigenvalue weighted by Crippen LogP contribution is 2.33. The molecule has 1 aliphatic heterocycles. The van der Waals surface area contributed by atoms with Gasteiger partial charge >= 0.3 is 0 Å². The molecule has 6 nitrogen and oxygen atoms in total. The first kappa shape index (κ1) is 24.8. The van der Waals surface area contributed by atoms with Gasteiger partial charge in [-0.15, -0.1) is 0 Å². The first-order valence-corrected chi connectivity index (χ1v) is 12.6. The van der Waals surface area contributed by atoms with Crippen LogP contribution in [0.2, 0.25) is 0 Å². The number of aryl methyl sites for hydroxylation is 1. The van der Waals surface area contributed by atoms with Crippen LogP contribution in [0.3, 0.4) is 0 Å². The molecule has 1 atom stereocenters. The van der Waals surface area contributed by atoms with Gasteiger partial charge in [0, 0.05) is 30.4 Å². The lowest BCUT2D eigenvalue weighted by molar-refractivity contribution is -0.141. The largest absolute Gasteiger partial charge is 0.454 e. The van der Waals surface area contributed by atoms with Crippen LogP contribution in [0.4, 0.5) is 0 Å². The highest BCUT2D eigenvalue weighted by atomic mass is 79.9. The number of carbonyl (C=O) groups excluding carboxylic acids is 2. The zero-order chi connectivity index (χ0) is 24.6. The summed E-state index contributed by atoms with van der Waals surface area (Å²) in [5.74, 6) is 1.20. The van der Waals surface area contributed by atoms with Crippen LogP contribution in [-0.4, -0.2) is 36.1 Å². The molecule has 35 heavy (non-hydrogen) atoms. The standard InChI is InChI=1S/C28H29BrN2O4/c1-2-30-28(33)24(16-20-6-4-3-5-7-20)31(18-22-8-12-23(29)13-9-22)27(32)15-11-21-10-14-25-26(17-21)35-19-34-25/h3-10,12-14,17,24H,2,11,15-16,18-19H2,1H3,(H,30,33)/t24-/m1/s1. The number of carbonyl (C=O) groups is 2. The van der Waals surface area contributed by atoms with Gasteiger partial charge in [-0.05, 0) is 54.3 Å². The van der Waals surface area contributed by atoms with Crippen molar-refractivity contribution in [2.45, 2.75) is 38.8 Å². The molecule has 3 aromatic carbocycles. The minimum absolute atomic E-state index is 0.0715. The molecule has 4 rings (SSSR count). The molecule has 0 aromatic heterocycles. The SMILES string of the molecule is CCNC(=O)[C@@H](Cc1ccccc1)N(Cc1ccc(Br)cc1)C(=O)CCc1ccc2c(c1)OCO2. The molecule has 1 heterocycles. The third kappa shape index (κ3) is 6.63. The number of benzene rings is 3. The fourth-order valence-electron chi connectivity index (χ4n) is 4.12. The maximum atomic E-state index is 13.6. The molecule has 0 bridgehead atoms. The lowest BCUT2D eigenvalue weighted by Crippen LogP contribution is -2.50. The number of nitrogens with one attached hydrogen (secondary N) is 1. The number of likely N-dealkylation sites (N-methyl/N-ethyl adjacent to an activating group) is 1. The molecule has 0 spiro atoms. The second-order valence-corrected chi connectivity index (χ2v) is 9.35. The zero-order valence-corrected chi connectivity index (χ0v) is 21.3. The normalized spacial score (nSPS) is 12.7. The van der Waals surface area contributed by atoms with Crippen LogP contribution in [0.5, 0.6) is 11.5 Å². The quantitative estimate of drug-likeness (QED) is 0.400. The van der Waals surface area contributed by atoms with Crippen molar-refractivity contribution in [2.75, 3.05) is 13.3 Å². The van der Waals surface area contributed by atoms with E-state index in [0.717, 1.165) is 26.9 Å². The molecule has 0 saturated heterocycles. The van der Waals surface area contributed by atoms with Gasteiger partial charge in [-0.2, -0.15) is 0 Å². The Morgan fingerprint density at radius 3 is 2.40 bits per heavy atom. The van der Waals surface area contributed by atoms with Crippen LogP contribution in [0.25, 0.3) is 0 Å². The van der Waals surface area contributed by atoms with Gasteiger partial charge in [0.2, 0.25) is 18.6 Å². The third-order valence-electron chi connectivity index (χ3n) is 5.95. The Morgan fingerprint density at radius 1 is 0.943 bits per heavy atom. The summed E-state index contributed by atoms with van der Waals surface area (Å²) in [6.07, 6.45) is 1.26. The van der Waals surface area contributed by atoms with E-state index in [1.54, 1.807) is 4.90 Å². The van der Waals surface area contributed by atoms with Crippen LogP contribution in [0.1, 0.15) is 30.0 Å². The summed E-state index contributed by atoms with van der Waals surface area (Å²) in [4.78, 5) is 28.6. The Morgan fingerprint density at radius 2 is 1.66 bits per heavy atom. The number of halogens is 1. The molecule has 0 unspecified atom stereocenters. The maximum absolute atomic E-state index is 13.6. The predicted molar refractivity (Wildman–Crippen MR) is 138 cm³/mol. The molecule has 1 aliphatic rings. The van der Waals surface area contributed by atoms with Gasteiger partial charge in [0.15, 0.2) is 11.5 Å². The Hall–Kier alpha value is -3.32. The van der Waals surface area contributed by atoms with E-state index in [-0.39, 0.29) is 25.0 Å². The van der Waals surface area contributed by atoms with E-state index < -0.39 is 6.04 Å². The van der Waals surface area contributed by atoms with E-state index in [2.05, 4.69) is 21.2 Å². The lowest BCUT2D eigenvalue weighted by atomic mass is 10.0. The molecule has 1 N–H and O–H groups in total. The molecule has 0 saturated carbocycles. The van der Waals surface area contributed by atoms with Gasteiger partial charge in [-0.25, -0.2) is 0 Å². The van der Waals surface area contributed by atoms with Crippen molar-refractivity contribution in [3.05, 3.63) is 94.0 Å². The van der Waals surface area contributed by atoms with Gasteiger partial charge in [0.25, 0.3) is 0 Å². The summed E-state index contributed by atoms with van der Waals surface area (Å²) in [6, 6.07) is 22.8. The minimum atomic E-state index is -0.620. The number of hydrogen-bond acceptors (Lipinski definition) is 4. The second-order valence-electron chi connectivity index (χ2n) is 8.44. The molecule has 3 aromatic rings. The van der Waals surface area contributed by atoms with Crippen LogP contribution < -0.4 is 14.8 Å². The van der Waals surface area contributed by atoms with Crippen molar-refractivity contribution in [1.29, 1.82) is 0 Å². The van der Waals surface area contributed by atoms with Crippen molar-refractivity contribution in [3.63, 3.8) is 0 Å². The Labute approximate surface area is 214 Å². The Kier molecular flexibility index (Phi) is 8.42. The minimum Gasteiger partial charge on any atom is -0.454 e. The molecule has 0 fully saturated rings. The van der Waals surface area contributed by atoms with Gasteiger partial charge in [-0.1, -0.05) is 64.5 Å². The number of hydrogen-bond donors (Lipinski definition) is 1. The summed E-state index contributed by atoms with van der Waals surface area (Å²) in [6.45, 7) is 2.95. The van der Waals surface area contributed by atoms with Gasteiger partial charge in [-0.3, -0.25) is 9.59 Å². The number of nitrogens with zero attached hydrogens (tertiary/aromatic N) is 1. The van der Waals surface area contributed by atoms with E-state index in [9.17, 15) is 9.59 Å². The van der Waals surface area contributed by atoms with E-state index >= 15 is 0 Å². The Balaban J connectivity index is 1.57. The van der Waals surface area contributed by atoms with E-state index in [1.165, 1.54) is 0 Å². The van der Waals surface area contributed by atoms with Crippen LogP contribution in [0.15, 0.2) is 77.3 Å². The first-order valence-electron chi connectivity index (χ1n) is 11.8. The number of ether oxygens (including phenoxy) is 2. The van der Waals surface area contributed by atoms with E-state index in [0.29, 0.717) is 31.7 Å². The van der Waals surface area contributed by atoms with Crippen LogP contribution in [-0.2, 0) is 29.0 Å². The summed E-state index contributed by atoms with van der Waals surface area (Å²) < 4.78 is 11.8. The topological polar surface area (TPSA) is 67.9 Å². The molecular formula is C28H29BrN2O4. The fraction of sp³-hybridized carbons (Fsp3) is 0.286. The monoisotopic (exact) mass is 536 g/mol. The second kappa shape index (κ2) is 11.9. The average molecular weight is 537 g/mol. The lowest BCUT2D eigenvalue weighted by Gasteiger charge is -2.31. The highest BCUT2D eigenvalue weighted by Gasteiger charge is 2.30. The van der Waals surface area contributed by atoms with E-state index in [4.69, 9.17) is 9.47 Å². The number of rotatable bonds is 10. The average Bonchev–Trinajstić information content (AvgIpc) is 3.34. The zero-order valence-electron chi connectivity index (χ0n) is 19.7.